The van der Waals surface area contributed by atoms with Gasteiger partial charge in [-0.3, -0.25) is 4.79 Å². The van der Waals surface area contributed by atoms with Crippen LogP contribution in [0.5, 0.6) is 11.5 Å². The van der Waals surface area contributed by atoms with Gasteiger partial charge >= 0.3 is 0 Å². The van der Waals surface area contributed by atoms with Gasteiger partial charge in [0.2, 0.25) is 0 Å². The highest BCUT2D eigenvalue weighted by atomic mass is 32.1. The molecule has 2 N–H and O–H groups in total. The van der Waals surface area contributed by atoms with E-state index < -0.39 is 0 Å². The Kier molecular flexibility index (Phi) is 7.13. The van der Waals surface area contributed by atoms with E-state index in [9.17, 15) is 4.79 Å². The Morgan fingerprint density at radius 2 is 1.56 bits per heavy atom. The van der Waals surface area contributed by atoms with Gasteiger partial charge in [0.05, 0.1) is 20.8 Å². The lowest BCUT2D eigenvalue weighted by atomic mass is 10.1. The number of methoxy groups -OCH3 is 2. The van der Waals surface area contributed by atoms with E-state index in [4.69, 9.17) is 21.7 Å². The number of rotatable bonds is 7. The molecule has 174 valence electrons. The van der Waals surface area contributed by atoms with Crippen LogP contribution in [0.25, 0.3) is 10.9 Å². The number of hydrogen-bond donors (Lipinski definition) is 2. The highest BCUT2D eigenvalue weighted by molar-refractivity contribution is 7.80. The number of aryl methyl sites for hydroxylation is 1. The van der Waals surface area contributed by atoms with Gasteiger partial charge in [0, 0.05) is 23.3 Å². The van der Waals surface area contributed by atoms with Crippen molar-refractivity contribution in [3.8, 4) is 11.5 Å². The molecule has 0 aliphatic rings. The van der Waals surface area contributed by atoms with Gasteiger partial charge in [-0.05, 0) is 84.7 Å². The lowest BCUT2D eigenvalue weighted by Crippen LogP contribution is -2.35. The molecule has 0 atom stereocenters. The van der Waals surface area contributed by atoms with Crippen LogP contribution >= 0.6 is 12.2 Å². The van der Waals surface area contributed by atoms with Crippen molar-refractivity contribution < 1.29 is 9.47 Å². The molecule has 3 aromatic carbocycles. The topological polar surface area (TPSA) is 66.6 Å². The fourth-order valence-electron chi connectivity index (χ4n) is 3.72. The maximum atomic E-state index is 12.9. The first-order valence-electron chi connectivity index (χ1n) is 10.9. The lowest BCUT2D eigenvalue weighted by molar-refractivity contribution is 0.406. The van der Waals surface area contributed by atoms with Gasteiger partial charge in [-0.25, -0.2) is 0 Å². The third-order valence-electron chi connectivity index (χ3n) is 5.60. The van der Waals surface area contributed by atoms with E-state index in [-0.39, 0.29) is 5.56 Å². The van der Waals surface area contributed by atoms with E-state index in [1.54, 1.807) is 14.2 Å². The first-order valence-corrected chi connectivity index (χ1v) is 11.3. The fraction of sp³-hybridized carbons (Fsp3) is 0.185. The summed E-state index contributed by atoms with van der Waals surface area (Å²) >= 11 is 5.77. The number of fused-ring (bicyclic) bond motifs is 1. The number of anilines is 1. The number of aromatic amines is 1. The van der Waals surface area contributed by atoms with Crippen molar-refractivity contribution in [2.45, 2.75) is 20.0 Å². The largest absolute Gasteiger partial charge is 0.497 e. The minimum Gasteiger partial charge on any atom is -0.497 e. The van der Waals surface area contributed by atoms with Crippen LogP contribution in [0.4, 0.5) is 5.69 Å². The first-order chi connectivity index (χ1) is 16.4. The Hall–Kier alpha value is -3.84. The maximum Gasteiger partial charge on any atom is 0.253 e. The van der Waals surface area contributed by atoms with Crippen LogP contribution in [0.3, 0.4) is 0 Å². The molecule has 6 nitrogen and oxygen atoms in total. The molecule has 4 aromatic rings. The highest BCUT2D eigenvalue weighted by Crippen LogP contribution is 2.19. The molecule has 0 radical (unpaired) electrons. The van der Waals surface area contributed by atoms with Crippen molar-refractivity contribution in [3.05, 3.63) is 99.8 Å². The smallest absolute Gasteiger partial charge is 0.253 e. The molecule has 0 amide bonds. The number of benzene rings is 3. The van der Waals surface area contributed by atoms with E-state index in [2.05, 4.69) is 16.4 Å². The van der Waals surface area contributed by atoms with Gasteiger partial charge in [-0.15, -0.1) is 0 Å². The molecule has 0 spiro atoms. The van der Waals surface area contributed by atoms with Crippen molar-refractivity contribution >= 4 is 33.9 Å². The molecule has 0 unspecified atom stereocenters. The molecule has 1 heterocycles. The number of thiocarbonyl (C=S) groups is 1. The summed E-state index contributed by atoms with van der Waals surface area (Å²) in [6.45, 7) is 2.92. The average molecular weight is 474 g/mol. The summed E-state index contributed by atoms with van der Waals surface area (Å²) in [7, 11) is 3.27. The Balaban J connectivity index is 1.63. The zero-order valence-corrected chi connectivity index (χ0v) is 20.2. The van der Waals surface area contributed by atoms with E-state index >= 15 is 0 Å². The minimum atomic E-state index is -0.122. The third-order valence-corrected chi connectivity index (χ3v) is 5.96. The Morgan fingerprint density at radius 1 is 0.912 bits per heavy atom. The number of H-pyrrole nitrogens is 1. The van der Waals surface area contributed by atoms with Crippen molar-refractivity contribution in [1.29, 1.82) is 0 Å². The van der Waals surface area contributed by atoms with Crippen LogP contribution in [0.1, 0.15) is 16.7 Å². The molecule has 34 heavy (non-hydrogen) atoms. The first kappa shape index (κ1) is 23.3. The fourth-order valence-corrected chi connectivity index (χ4v) is 3.97. The molecule has 0 saturated heterocycles. The molecule has 1 aromatic heterocycles. The van der Waals surface area contributed by atoms with Crippen molar-refractivity contribution in [2.24, 2.45) is 0 Å². The number of pyridine rings is 1. The standard InChI is InChI=1S/C27H27N3O3S/c1-18-4-13-25-20(14-18)15-21(26(31)29-25)17-30(16-19-5-9-23(32-2)10-6-19)27(34)28-22-7-11-24(33-3)12-8-22/h4-15H,16-17H2,1-3H3,(H,28,34)(H,29,31). The summed E-state index contributed by atoms with van der Waals surface area (Å²) < 4.78 is 10.5. The minimum absolute atomic E-state index is 0.122. The monoisotopic (exact) mass is 473 g/mol. The average Bonchev–Trinajstić information content (AvgIpc) is 2.85. The summed E-state index contributed by atoms with van der Waals surface area (Å²) in [5, 5.41) is 4.80. The maximum absolute atomic E-state index is 12.9. The quantitative estimate of drug-likeness (QED) is 0.357. The second-order valence-corrected chi connectivity index (χ2v) is 8.46. The predicted molar refractivity (Wildman–Crippen MR) is 141 cm³/mol. The van der Waals surface area contributed by atoms with Crippen LogP contribution in [0, 0.1) is 6.92 Å². The number of nitrogens with zero attached hydrogens (tertiary/aromatic N) is 1. The van der Waals surface area contributed by atoms with Gasteiger partial charge in [-0.1, -0.05) is 23.8 Å². The predicted octanol–water partition coefficient (Wildman–Crippen LogP) is 5.25. The van der Waals surface area contributed by atoms with Crippen LogP contribution in [0.2, 0.25) is 0 Å². The third kappa shape index (κ3) is 5.55. The van der Waals surface area contributed by atoms with Crippen molar-refractivity contribution in [3.63, 3.8) is 0 Å². The SMILES string of the molecule is COc1ccc(CN(Cc2cc3cc(C)ccc3[nH]c2=O)C(=S)Nc2ccc(OC)cc2)cc1. The molecular formula is C27H27N3O3S. The van der Waals surface area contributed by atoms with Crippen LogP contribution in [-0.4, -0.2) is 29.2 Å². The van der Waals surface area contributed by atoms with E-state index in [1.165, 1.54) is 0 Å². The summed E-state index contributed by atoms with van der Waals surface area (Å²) in [6, 6.07) is 23.3. The number of hydrogen-bond acceptors (Lipinski definition) is 4. The second kappa shape index (κ2) is 10.4. The molecule has 0 saturated carbocycles. The van der Waals surface area contributed by atoms with Crippen molar-refractivity contribution in [2.75, 3.05) is 19.5 Å². The Labute approximate surface area is 204 Å². The van der Waals surface area contributed by atoms with E-state index in [1.807, 2.05) is 78.6 Å². The zero-order valence-electron chi connectivity index (χ0n) is 19.4. The normalized spacial score (nSPS) is 10.7. The van der Waals surface area contributed by atoms with Crippen LogP contribution < -0.4 is 20.3 Å². The number of aromatic nitrogens is 1. The van der Waals surface area contributed by atoms with E-state index in [0.717, 1.165) is 39.2 Å². The second-order valence-electron chi connectivity index (χ2n) is 8.08. The van der Waals surface area contributed by atoms with Gasteiger partial charge in [0.1, 0.15) is 11.5 Å². The van der Waals surface area contributed by atoms with E-state index in [0.29, 0.717) is 23.8 Å². The molecule has 0 bridgehead atoms. The summed E-state index contributed by atoms with van der Waals surface area (Å²) in [4.78, 5) is 17.8. The lowest BCUT2D eigenvalue weighted by Gasteiger charge is -2.26. The van der Waals surface area contributed by atoms with Crippen LogP contribution in [0.15, 0.2) is 77.6 Å². The molecule has 7 heteroatoms. The van der Waals surface area contributed by atoms with Gasteiger partial charge in [0.15, 0.2) is 5.11 Å². The van der Waals surface area contributed by atoms with Gasteiger partial charge in [0.25, 0.3) is 5.56 Å². The molecule has 0 aliphatic carbocycles. The molecule has 0 fully saturated rings. The molecule has 4 rings (SSSR count). The highest BCUT2D eigenvalue weighted by Gasteiger charge is 2.15. The molecule has 0 aliphatic heterocycles. The Bertz CT molecular complexity index is 1350. The summed E-state index contributed by atoms with van der Waals surface area (Å²) in [5.41, 5.74) is 4.37. The Morgan fingerprint density at radius 3 is 2.21 bits per heavy atom. The summed E-state index contributed by atoms with van der Waals surface area (Å²) in [6.07, 6.45) is 0. The van der Waals surface area contributed by atoms with Gasteiger partial charge < -0.3 is 24.7 Å². The van der Waals surface area contributed by atoms with Crippen molar-refractivity contribution in [1.82, 2.24) is 9.88 Å². The molecular weight excluding hydrogens is 446 g/mol. The number of nitrogens with one attached hydrogen (secondary N) is 2. The summed E-state index contributed by atoms with van der Waals surface area (Å²) in [5.74, 6) is 1.56. The van der Waals surface area contributed by atoms with Gasteiger partial charge in [-0.2, -0.15) is 0 Å². The van der Waals surface area contributed by atoms with Crippen LogP contribution in [-0.2, 0) is 13.1 Å². The zero-order chi connectivity index (χ0) is 24.1. The number of ether oxygens (including phenoxy) is 2.